The van der Waals surface area contributed by atoms with Crippen molar-refractivity contribution in [3.8, 4) is 5.69 Å². The van der Waals surface area contributed by atoms with Crippen molar-refractivity contribution in [1.82, 2.24) is 9.13 Å². The van der Waals surface area contributed by atoms with E-state index in [1.54, 1.807) is 17.8 Å². The Labute approximate surface area is 122 Å². The lowest BCUT2D eigenvalue weighted by molar-refractivity contribution is -0.137. The number of imidazole rings is 1. The van der Waals surface area contributed by atoms with Gasteiger partial charge in [-0.05, 0) is 31.0 Å². The summed E-state index contributed by atoms with van der Waals surface area (Å²) in [4.78, 5) is 22.6. The van der Waals surface area contributed by atoms with Crippen LogP contribution in [0.25, 0.3) is 5.69 Å². The zero-order valence-electron chi connectivity index (χ0n) is 12.1. The van der Waals surface area contributed by atoms with Gasteiger partial charge in [-0.15, -0.1) is 0 Å². The summed E-state index contributed by atoms with van der Waals surface area (Å²) in [5.41, 5.74) is 8.34. The van der Waals surface area contributed by atoms with Crippen LogP contribution in [-0.2, 0) is 11.8 Å². The summed E-state index contributed by atoms with van der Waals surface area (Å²) in [5, 5.41) is 8.67. The van der Waals surface area contributed by atoms with Crippen LogP contribution in [0.15, 0.2) is 35.3 Å². The molecule has 0 amide bonds. The average Bonchev–Trinajstić information content (AvgIpc) is 2.70. The Kier molecular flexibility index (Phi) is 4.28. The van der Waals surface area contributed by atoms with Gasteiger partial charge in [0.1, 0.15) is 0 Å². The van der Waals surface area contributed by atoms with Gasteiger partial charge < -0.3 is 15.4 Å². The maximum Gasteiger partial charge on any atom is 0.332 e. The molecule has 0 radical (unpaired) electrons. The summed E-state index contributed by atoms with van der Waals surface area (Å²) in [6.45, 7) is 1.87. The molecule has 0 saturated carbocycles. The summed E-state index contributed by atoms with van der Waals surface area (Å²) in [6.07, 6.45) is 2.20. The molecule has 2 rings (SSSR count). The average molecular weight is 289 g/mol. The standard InChI is InChI=1S/C15H19N3O3/c1-10-9-17(2)15(21)18(10)12-5-3-11(4-6-12)13(16)7-8-14(19)20/h3-6,9,13H,7-8,16H2,1-2H3,(H,19,20). The van der Waals surface area contributed by atoms with Gasteiger partial charge in [-0.25, -0.2) is 4.79 Å². The summed E-state index contributed by atoms with van der Waals surface area (Å²) < 4.78 is 3.15. The van der Waals surface area contributed by atoms with E-state index in [9.17, 15) is 9.59 Å². The second kappa shape index (κ2) is 5.97. The maximum absolute atomic E-state index is 12.0. The molecule has 6 heteroatoms. The summed E-state index contributed by atoms with van der Waals surface area (Å²) in [5.74, 6) is -0.853. The molecule has 1 heterocycles. The first kappa shape index (κ1) is 15.1. The highest BCUT2D eigenvalue weighted by Gasteiger charge is 2.11. The third-order valence-electron chi connectivity index (χ3n) is 3.47. The van der Waals surface area contributed by atoms with Crippen LogP contribution >= 0.6 is 0 Å². The summed E-state index contributed by atoms with van der Waals surface area (Å²) in [6, 6.07) is 7.00. The van der Waals surface area contributed by atoms with Gasteiger partial charge in [-0.3, -0.25) is 9.36 Å². The summed E-state index contributed by atoms with van der Waals surface area (Å²) in [7, 11) is 1.71. The fourth-order valence-corrected chi connectivity index (χ4v) is 2.33. The highest BCUT2D eigenvalue weighted by atomic mass is 16.4. The highest BCUT2D eigenvalue weighted by Crippen LogP contribution is 2.18. The van der Waals surface area contributed by atoms with E-state index in [-0.39, 0.29) is 18.2 Å². The van der Waals surface area contributed by atoms with E-state index < -0.39 is 5.97 Å². The van der Waals surface area contributed by atoms with Crippen LogP contribution in [0.2, 0.25) is 0 Å². The van der Waals surface area contributed by atoms with Gasteiger partial charge in [0.2, 0.25) is 0 Å². The number of aromatic nitrogens is 2. The molecule has 112 valence electrons. The van der Waals surface area contributed by atoms with Crippen molar-refractivity contribution in [1.29, 1.82) is 0 Å². The minimum atomic E-state index is -0.853. The molecule has 0 spiro atoms. The van der Waals surface area contributed by atoms with Crippen molar-refractivity contribution in [2.24, 2.45) is 12.8 Å². The third-order valence-corrected chi connectivity index (χ3v) is 3.47. The van der Waals surface area contributed by atoms with Crippen LogP contribution in [0.5, 0.6) is 0 Å². The first-order valence-electron chi connectivity index (χ1n) is 6.73. The van der Waals surface area contributed by atoms with E-state index in [0.29, 0.717) is 6.42 Å². The number of rotatable bonds is 5. The molecule has 6 nitrogen and oxygen atoms in total. The molecular formula is C15H19N3O3. The molecule has 2 aromatic rings. The second-order valence-electron chi connectivity index (χ2n) is 5.13. The lowest BCUT2D eigenvalue weighted by atomic mass is 10.0. The van der Waals surface area contributed by atoms with Crippen LogP contribution in [0.1, 0.15) is 30.1 Å². The molecule has 21 heavy (non-hydrogen) atoms. The number of hydrogen-bond donors (Lipinski definition) is 2. The Morgan fingerprint density at radius 3 is 2.43 bits per heavy atom. The van der Waals surface area contributed by atoms with Crippen molar-refractivity contribution in [3.63, 3.8) is 0 Å². The van der Waals surface area contributed by atoms with Crippen LogP contribution in [0, 0.1) is 6.92 Å². The minimum absolute atomic E-state index is 0.0418. The normalized spacial score (nSPS) is 12.3. The molecule has 1 atom stereocenters. The van der Waals surface area contributed by atoms with E-state index in [4.69, 9.17) is 10.8 Å². The fourth-order valence-electron chi connectivity index (χ4n) is 2.33. The quantitative estimate of drug-likeness (QED) is 0.869. The smallest absolute Gasteiger partial charge is 0.332 e. The first-order chi connectivity index (χ1) is 9.90. The molecule has 0 aliphatic heterocycles. The van der Waals surface area contributed by atoms with Crippen molar-refractivity contribution < 1.29 is 9.90 Å². The molecular weight excluding hydrogens is 270 g/mol. The molecule has 0 aliphatic carbocycles. The Balaban J connectivity index is 2.23. The van der Waals surface area contributed by atoms with E-state index in [1.165, 1.54) is 4.57 Å². The number of carboxylic acids is 1. The van der Waals surface area contributed by atoms with Crippen molar-refractivity contribution in [3.05, 3.63) is 52.2 Å². The van der Waals surface area contributed by atoms with Gasteiger partial charge in [-0.2, -0.15) is 0 Å². The minimum Gasteiger partial charge on any atom is -0.481 e. The van der Waals surface area contributed by atoms with Gasteiger partial charge in [0, 0.05) is 31.4 Å². The number of nitrogens with zero attached hydrogens (tertiary/aromatic N) is 2. The zero-order valence-corrected chi connectivity index (χ0v) is 12.1. The van der Waals surface area contributed by atoms with E-state index >= 15 is 0 Å². The van der Waals surface area contributed by atoms with E-state index in [1.807, 2.05) is 31.2 Å². The monoisotopic (exact) mass is 289 g/mol. The van der Waals surface area contributed by atoms with Crippen molar-refractivity contribution in [2.45, 2.75) is 25.8 Å². The summed E-state index contributed by atoms with van der Waals surface area (Å²) >= 11 is 0. The van der Waals surface area contributed by atoms with Crippen molar-refractivity contribution in [2.75, 3.05) is 0 Å². The third kappa shape index (κ3) is 3.22. The second-order valence-corrected chi connectivity index (χ2v) is 5.13. The van der Waals surface area contributed by atoms with E-state index in [0.717, 1.165) is 16.9 Å². The Morgan fingerprint density at radius 2 is 1.95 bits per heavy atom. The first-order valence-corrected chi connectivity index (χ1v) is 6.73. The molecule has 1 aromatic heterocycles. The number of hydrogen-bond acceptors (Lipinski definition) is 3. The number of carboxylic acid groups (broad SMARTS) is 1. The van der Waals surface area contributed by atoms with Crippen molar-refractivity contribution >= 4 is 5.97 Å². The molecule has 0 fully saturated rings. The lowest BCUT2D eigenvalue weighted by Crippen LogP contribution is -2.21. The van der Waals surface area contributed by atoms with E-state index in [2.05, 4.69) is 0 Å². The van der Waals surface area contributed by atoms with Gasteiger partial charge in [0.15, 0.2) is 0 Å². The highest BCUT2D eigenvalue weighted by molar-refractivity contribution is 5.66. The zero-order chi connectivity index (χ0) is 15.6. The molecule has 1 unspecified atom stereocenters. The number of carbonyl (C=O) groups is 1. The van der Waals surface area contributed by atoms with Crippen LogP contribution < -0.4 is 11.4 Å². The molecule has 0 saturated heterocycles. The van der Waals surface area contributed by atoms with Gasteiger partial charge >= 0.3 is 11.7 Å². The van der Waals surface area contributed by atoms with Gasteiger partial charge in [0.05, 0.1) is 5.69 Å². The van der Waals surface area contributed by atoms with Gasteiger partial charge in [0.25, 0.3) is 0 Å². The van der Waals surface area contributed by atoms with Crippen LogP contribution in [0.4, 0.5) is 0 Å². The molecule has 3 N–H and O–H groups in total. The SMILES string of the molecule is Cc1cn(C)c(=O)n1-c1ccc(C(N)CCC(=O)O)cc1. The van der Waals surface area contributed by atoms with Gasteiger partial charge in [-0.1, -0.05) is 12.1 Å². The molecule has 1 aromatic carbocycles. The largest absolute Gasteiger partial charge is 0.481 e. The number of nitrogens with two attached hydrogens (primary N) is 1. The number of benzene rings is 1. The maximum atomic E-state index is 12.0. The Bertz CT molecular complexity index is 698. The number of aliphatic carboxylic acids is 1. The predicted octanol–water partition coefficient (Wildman–Crippen LogP) is 1.35. The molecule has 0 aliphatic rings. The molecule has 0 bridgehead atoms. The lowest BCUT2D eigenvalue weighted by Gasteiger charge is -2.12. The fraction of sp³-hybridized carbons (Fsp3) is 0.333. The predicted molar refractivity (Wildman–Crippen MR) is 79.5 cm³/mol. The Hall–Kier alpha value is -2.34. The van der Waals surface area contributed by atoms with Crippen LogP contribution in [-0.4, -0.2) is 20.2 Å². The Morgan fingerprint density at radius 1 is 1.33 bits per heavy atom. The van der Waals surface area contributed by atoms with Crippen LogP contribution in [0.3, 0.4) is 0 Å². The topological polar surface area (TPSA) is 90.3 Å². The number of aryl methyl sites for hydroxylation is 2.